The van der Waals surface area contributed by atoms with Crippen LogP contribution in [0.5, 0.6) is 0 Å². The fraction of sp³-hybridized carbons (Fsp3) is 0.667. The second-order valence-corrected chi connectivity index (χ2v) is 4.73. The highest BCUT2D eigenvalue weighted by atomic mass is 15.2. The summed E-state index contributed by atoms with van der Waals surface area (Å²) in [5.41, 5.74) is 0. The topological polar surface area (TPSA) is 53.1 Å². The van der Waals surface area contributed by atoms with Gasteiger partial charge in [0.2, 0.25) is 0 Å². The minimum atomic E-state index is 0.515. The summed E-state index contributed by atoms with van der Waals surface area (Å²) in [7, 11) is 4.05. The SMILES string of the molecule is CNc1cc(NC2CCN(C)C(C)C2)ncn1. The smallest absolute Gasteiger partial charge is 0.131 e. The third-order valence-corrected chi connectivity index (χ3v) is 3.48. The molecule has 17 heavy (non-hydrogen) atoms. The lowest BCUT2D eigenvalue weighted by atomic mass is 9.99. The first-order valence-corrected chi connectivity index (χ1v) is 6.15. The van der Waals surface area contributed by atoms with Crippen molar-refractivity contribution < 1.29 is 0 Å². The summed E-state index contributed by atoms with van der Waals surface area (Å²) in [5, 5.41) is 6.51. The molecule has 2 rings (SSSR count). The number of hydrogen-bond acceptors (Lipinski definition) is 5. The minimum absolute atomic E-state index is 0.515. The van der Waals surface area contributed by atoms with Crippen LogP contribution >= 0.6 is 0 Å². The Morgan fingerprint density at radius 2 is 2.12 bits per heavy atom. The van der Waals surface area contributed by atoms with Crippen LogP contribution in [0.2, 0.25) is 0 Å². The second-order valence-electron chi connectivity index (χ2n) is 4.73. The predicted molar refractivity (Wildman–Crippen MR) is 70.3 cm³/mol. The van der Waals surface area contributed by atoms with Gasteiger partial charge in [0, 0.05) is 31.7 Å². The van der Waals surface area contributed by atoms with Gasteiger partial charge in [-0.2, -0.15) is 0 Å². The fourth-order valence-corrected chi connectivity index (χ4v) is 2.20. The minimum Gasteiger partial charge on any atom is -0.373 e. The average Bonchev–Trinajstić information content (AvgIpc) is 2.34. The molecule has 2 heterocycles. The maximum absolute atomic E-state index is 4.25. The fourth-order valence-electron chi connectivity index (χ4n) is 2.20. The zero-order valence-electron chi connectivity index (χ0n) is 10.8. The van der Waals surface area contributed by atoms with Gasteiger partial charge in [-0.3, -0.25) is 0 Å². The van der Waals surface area contributed by atoms with E-state index in [4.69, 9.17) is 0 Å². The number of nitrogens with one attached hydrogen (secondary N) is 2. The summed E-state index contributed by atoms with van der Waals surface area (Å²) in [5.74, 6) is 1.76. The summed E-state index contributed by atoms with van der Waals surface area (Å²) in [6.45, 7) is 3.41. The Morgan fingerprint density at radius 3 is 2.82 bits per heavy atom. The molecule has 2 unspecified atom stereocenters. The molecule has 5 heteroatoms. The van der Waals surface area contributed by atoms with Crippen LogP contribution in [0.3, 0.4) is 0 Å². The molecule has 1 aliphatic rings. The van der Waals surface area contributed by atoms with Gasteiger partial charge in [-0.25, -0.2) is 9.97 Å². The second kappa shape index (κ2) is 5.31. The van der Waals surface area contributed by atoms with E-state index in [1.807, 2.05) is 13.1 Å². The predicted octanol–water partition coefficient (Wildman–Crippen LogP) is 1.41. The number of anilines is 2. The van der Waals surface area contributed by atoms with E-state index >= 15 is 0 Å². The van der Waals surface area contributed by atoms with Crippen molar-refractivity contribution in [2.24, 2.45) is 0 Å². The average molecular weight is 235 g/mol. The van der Waals surface area contributed by atoms with Crippen molar-refractivity contribution in [2.75, 3.05) is 31.3 Å². The van der Waals surface area contributed by atoms with E-state index in [9.17, 15) is 0 Å². The molecule has 1 fully saturated rings. The van der Waals surface area contributed by atoms with Crippen molar-refractivity contribution in [1.82, 2.24) is 14.9 Å². The zero-order chi connectivity index (χ0) is 12.3. The van der Waals surface area contributed by atoms with Crippen LogP contribution in [0.15, 0.2) is 12.4 Å². The van der Waals surface area contributed by atoms with Gasteiger partial charge < -0.3 is 15.5 Å². The quantitative estimate of drug-likeness (QED) is 0.829. The van der Waals surface area contributed by atoms with Crippen LogP contribution in [0.1, 0.15) is 19.8 Å². The normalized spacial score (nSPS) is 25.6. The molecule has 0 spiro atoms. The van der Waals surface area contributed by atoms with Gasteiger partial charge in [-0.05, 0) is 26.8 Å². The number of hydrogen-bond donors (Lipinski definition) is 2. The van der Waals surface area contributed by atoms with Crippen molar-refractivity contribution in [3.05, 3.63) is 12.4 Å². The highest BCUT2D eigenvalue weighted by Gasteiger charge is 2.22. The van der Waals surface area contributed by atoms with E-state index in [2.05, 4.69) is 39.5 Å². The van der Waals surface area contributed by atoms with Gasteiger partial charge in [-0.15, -0.1) is 0 Å². The van der Waals surface area contributed by atoms with Crippen molar-refractivity contribution in [3.63, 3.8) is 0 Å². The highest BCUT2D eigenvalue weighted by Crippen LogP contribution is 2.19. The molecule has 1 aromatic heterocycles. The molecule has 94 valence electrons. The van der Waals surface area contributed by atoms with E-state index in [1.165, 1.54) is 6.42 Å². The lowest BCUT2D eigenvalue weighted by Crippen LogP contribution is -2.42. The molecular formula is C12H21N5. The van der Waals surface area contributed by atoms with Gasteiger partial charge in [0.05, 0.1) is 0 Å². The van der Waals surface area contributed by atoms with E-state index in [0.717, 1.165) is 24.6 Å². The lowest BCUT2D eigenvalue weighted by Gasteiger charge is -2.35. The summed E-state index contributed by atoms with van der Waals surface area (Å²) >= 11 is 0. The van der Waals surface area contributed by atoms with Crippen LogP contribution in [0.4, 0.5) is 11.6 Å². The first-order chi connectivity index (χ1) is 8.19. The van der Waals surface area contributed by atoms with Crippen LogP contribution in [-0.4, -0.2) is 47.6 Å². The largest absolute Gasteiger partial charge is 0.373 e. The van der Waals surface area contributed by atoms with Crippen molar-refractivity contribution in [1.29, 1.82) is 0 Å². The number of likely N-dealkylation sites (tertiary alicyclic amines) is 1. The molecule has 0 saturated carbocycles. The molecule has 2 atom stereocenters. The molecule has 2 N–H and O–H groups in total. The van der Waals surface area contributed by atoms with E-state index in [1.54, 1.807) is 6.33 Å². The number of rotatable bonds is 3. The molecule has 0 amide bonds. The molecule has 1 aliphatic heterocycles. The van der Waals surface area contributed by atoms with Crippen LogP contribution in [-0.2, 0) is 0 Å². The van der Waals surface area contributed by atoms with E-state index in [0.29, 0.717) is 12.1 Å². The lowest BCUT2D eigenvalue weighted by molar-refractivity contribution is 0.190. The van der Waals surface area contributed by atoms with Gasteiger partial charge in [0.25, 0.3) is 0 Å². The molecule has 0 aliphatic carbocycles. The summed E-state index contributed by atoms with van der Waals surface area (Å²) in [4.78, 5) is 10.8. The zero-order valence-corrected chi connectivity index (χ0v) is 10.8. The number of nitrogens with zero attached hydrogens (tertiary/aromatic N) is 3. The first-order valence-electron chi connectivity index (χ1n) is 6.15. The summed E-state index contributed by atoms with van der Waals surface area (Å²) < 4.78 is 0. The van der Waals surface area contributed by atoms with E-state index < -0.39 is 0 Å². The molecule has 1 aromatic rings. The van der Waals surface area contributed by atoms with Gasteiger partial charge in [-0.1, -0.05) is 0 Å². The van der Waals surface area contributed by atoms with Crippen LogP contribution < -0.4 is 10.6 Å². The van der Waals surface area contributed by atoms with Gasteiger partial charge >= 0.3 is 0 Å². The third-order valence-electron chi connectivity index (χ3n) is 3.48. The van der Waals surface area contributed by atoms with Crippen LogP contribution in [0, 0.1) is 0 Å². The number of piperidine rings is 1. The molecule has 0 radical (unpaired) electrons. The Labute approximate surface area is 103 Å². The molecular weight excluding hydrogens is 214 g/mol. The van der Waals surface area contributed by atoms with Gasteiger partial charge in [0.15, 0.2) is 0 Å². The monoisotopic (exact) mass is 235 g/mol. The summed E-state index contributed by atoms with van der Waals surface area (Å²) in [6, 6.07) is 3.09. The van der Waals surface area contributed by atoms with Crippen molar-refractivity contribution >= 4 is 11.6 Å². The molecule has 0 bridgehead atoms. The number of aromatic nitrogens is 2. The molecule has 5 nitrogen and oxygen atoms in total. The highest BCUT2D eigenvalue weighted by molar-refractivity contribution is 5.46. The van der Waals surface area contributed by atoms with Crippen molar-refractivity contribution in [3.8, 4) is 0 Å². The van der Waals surface area contributed by atoms with E-state index in [-0.39, 0.29) is 0 Å². The molecule has 0 aromatic carbocycles. The Hall–Kier alpha value is -1.36. The maximum Gasteiger partial charge on any atom is 0.131 e. The standard InChI is InChI=1S/C12H21N5/c1-9-6-10(4-5-17(9)3)16-12-7-11(13-2)14-8-15-12/h7-10H,4-6H2,1-3H3,(H2,13,14,15,16). The Balaban J connectivity index is 1.96. The van der Waals surface area contributed by atoms with Crippen molar-refractivity contribution in [2.45, 2.75) is 31.8 Å². The third kappa shape index (κ3) is 3.06. The van der Waals surface area contributed by atoms with Crippen LogP contribution in [0.25, 0.3) is 0 Å². The maximum atomic E-state index is 4.25. The summed E-state index contributed by atoms with van der Waals surface area (Å²) in [6.07, 6.45) is 3.92. The Bertz CT molecular complexity index is 368. The first kappa shape index (κ1) is 12.1. The molecule has 1 saturated heterocycles. The Morgan fingerprint density at radius 1 is 1.35 bits per heavy atom. The Kier molecular flexibility index (Phi) is 3.78. The van der Waals surface area contributed by atoms with Gasteiger partial charge in [0.1, 0.15) is 18.0 Å².